The minimum absolute atomic E-state index is 0.0909. The van der Waals surface area contributed by atoms with Crippen LogP contribution in [0.4, 0.5) is 0 Å². The number of ether oxygens (including phenoxy) is 2. The third-order valence-electron chi connectivity index (χ3n) is 5.21. The fraction of sp³-hybridized carbons (Fsp3) is 0.550. The monoisotopic (exact) mass is 359 g/mol. The third-order valence-corrected chi connectivity index (χ3v) is 5.21. The molecule has 6 nitrogen and oxygen atoms in total. The molecule has 0 spiro atoms. The second-order valence-corrected chi connectivity index (χ2v) is 7.34. The van der Waals surface area contributed by atoms with Crippen LogP contribution in [0.3, 0.4) is 0 Å². The number of hydrogen-bond donors (Lipinski definition) is 0. The van der Waals surface area contributed by atoms with Gasteiger partial charge in [-0.25, -0.2) is 0 Å². The molecule has 1 aromatic heterocycles. The summed E-state index contributed by atoms with van der Waals surface area (Å²) in [6.07, 6.45) is 2.24. The second-order valence-electron chi connectivity index (χ2n) is 7.34. The van der Waals surface area contributed by atoms with Crippen LogP contribution in [-0.2, 0) is 7.05 Å². The standard InChI is InChI=1S/C20H29N3O3/c1-21(2)12-14-7-6-10-23(13-14)20(24)17-11-15-16(22(17)3)8-9-18(25-4)19(15)26-5/h8-9,11,14H,6-7,10,12-13H2,1-5H3/t14-/m1/s1. The maximum atomic E-state index is 13.2. The van der Waals surface area contributed by atoms with E-state index < -0.39 is 0 Å². The molecule has 0 radical (unpaired) electrons. The lowest BCUT2D eigenvalue weighted by Gasteiger charge is -2.34. The Labute approximate surface area is 155 Å². The minimum Gasteiger partial charge on any atom is -0.493 e. The second kappa shape index (κ2) is 7.58. The maximum absolute atomic E-state index is 13.2. The predicted molar refractivity (Wildman–Crippen MR) is 103 cm³/mol. The molecule has 0 aliphatic carbocycles. The van der Waals surface area contributed by atoms with Crippen molar-refractivity contribution >= 4 is 16.8 Å². The summed E-state index contributed by atoms with van der Waals surface area (Å²) >= 11 is 0. The van der Waals surface area contributed by atoms with Gasteiger partial charge in [0.15, 0.2) is 11.5 Å². The largest absolute Gasteiger partial charge is 0.493 e. The molecule has 142 valence electrons. The zero-order valence-corrected chi connectivity index (χ0v) is 16.4. The van der Waals surface area contributed by atoms with Gasteiger partial charge in [-0.3, -0.25) is 4.79 Å². The van der Waals surface area contributed by atoms with E-state index in [1.54, 1.807) is 14.2 Å². The Bertz CT molecular complexity index is 797. The van der Waals surface area contributed by atoms with Crippen LogP contribution >= 0.6 is 0 Å². The van der Waals surface area contributed by atoms with Gasteiger partial charge < -0.3 is 23.8 Å². The maximum Gasteiger partial charge on any atom is 0.270 e. The number of aryl methyl sites for hydroxylation is 1. The SMILES string of the molecule is COc1ccc2c(cc(C(=O)N3CCC[C@H](CN(C)C)C3)n2C)c1OC. The van der Waals surface area contributed by atoms with Gasteiger partial charge in [0.05, 0.1) is 19.7 Å². The Hall–Kier alpha value is -2.21. The molecule has 1 fully saturated rings. The summed E-state index contributed by atoms with van der Waals surface area (Å²) in [4.78, 5) is 17.4. The van der Waals surface area contributed by atoms with Crippen LogP contribution < -0.4 is 9.47 Å². The van der Waals surface area contributed by atoms with Crippen LogP contribution in [0.1, 0.15) is 23.3 Å². The average Bonchev–Trinajstić information content (AvgIpc) is 2.96. The van der Waals surface area contributed by atoms with Gasteiger partial charge in [-0.15, -0.1) is 0 Å². The Kier molecular flexibility index (Phi) is 5.41. The normalized spacial score (nSPS) is 17.8. The Morgan fingerprint density at radius 1 is 1.27 bits per heavy atom. The quantitative estimate of drug-likeness (QED) is 0.823. The minimum atomic E-state index is 0.0909. The van der Waals surface area contributed by atoms with Crippen molar-refractivity contribution in [2.75, 3.05) is 47.9 Å². The van der Waals surface area contributed by atoms with Gasteiger partial charge in [0.2, 0.25) is 0 Å². The molecular formula is C20H29N3O3. The summed E-state index contributed by atoms with van der Waals surface area (Å²) in [6, 6.07) is 5.77. The molecule has 1 aliphatic rings. The lowest BCUT2D eigenvalue weighted by atomic mass is 9.97. The van der Waals surface area contributed by atoms with Gasteiger partial charge >= 0.3 is 0 Å². The molecule has 6 heteroatoms. The van der Waals surface area contributed by atoms with Crippen LogP contribution in [0.5, 0.6) is 11.5 Å². The summed E-state index contributed by atoms with van der Waals surface area (Å²) in [5, 5.41) is 0.902. The molecule has 0 bridgehead atoms. The van der Waals surface area contributed by atoms with Crippen molar-refractivity contribution in [3.63, 3.8) is 0 Å². The Morgan fingerprint density at radius 2 is 2.04 bits per heavy atom. The number of fused-ring (bicyclic) bond motifs is 1. The summed E-state index contributed by atoms with van der Waals surface area (Å²) in [6.45, 7) is 2.66. The van der Waals surface area contributed by atoms with Crippen LogP contribution in [0, 0.1) is 5.92 Å². The van der Waals surface area contributed by atoms with Crippen molar-refractivity contribution < 1.29 is 14.3 Å². The number of benzene rings is 1. The Balaban J connectivity index is 1.92. The fourth-order valence-corrected chi connectivity index (χ4v) is 4.02. The fourth-order valence-electron chi connectivity index (χ4n) is 4.02. The van der Waals surface area contributed by atoms with Crippen molar-refractivity contribution in [1.29, 1.82) is 0 Å². The van der Waals surface area contributed by atoms with Gasteiger partial charge in [-0.1, -0.05) is 0 Å². The van der Waals surface area contributed by atoms with Crippen LogP contribution in [0.25, 0.3) is 10.9 Å². The Morgan fingerprint density at radius 3 is 2.69 bits per heavy atom. The molecule has 1 aromatic carbocycles. The van der Waals surface area contributed by atoms with Gasteiger partial charge in [0, 0.05) is 32.1 Å². The number of hydrogen-bond acceptors (Lipinski definition) is 4. The van der Waals surface area contributed by atoms with Crippen molar-refractivity contribution in [3.8, 4) is 11.5 Å². The number of piperidine rings is 1. The van der Waals surface area contributed by atoms with Crippen LogP contribution in [0.15, 0.2) is 18.2 Å². The number of nitrogens with zero attached hydrogens (tertiary/aromatic N) is 3. The molecule has 0 unspecified atom stereocenters. The number of methoxy groups -OCH3 is 2. The van der Waals surface area contributed by atoms with Crippen molar-refractivity contribution in [2.45, 2.75) is 12.8 Å². The van der Waals surface area contributed by atoms with E-state index in [0.717, 1.165) is 37.0 Å². The van der Waals surface area contributed by atoms with E-state index in [2.05, 4.69) is 19.0 Å². The van der Waals surface area contributed by atoms with Crippen molar-refractivity contribution in [3.05, 3.63) is 23.9 Å². The number of aromatic nitrogens is 1. The highest BCUT2D eigenvalue weighted by Gasteiger charge is 2.27. The lowest BCUT2D eigenvalue weighted by molar-refractivity contribution is 0.0646. The van der Waals surface area contributed by atoms with E-state index in [1.807, 2.05) is 34.7 Å². The molecule has 0 N–H and O–H groups in total. The van der Waals surface area contributed by atoms with Gasteiger partial charge in [0.1, 0.15) is 5.69 Å². The third kappa shape index (κ3) is 3.38. The molecular weight excluding hydrogens is 330 g/mol. The van der Waals surface area contributed by atoms with Crippen molar-refractivity contribution in [2.24, 2.45) is 13.0 Å². The summed E-state index contributed by atoms with van der Waals surface area (Å²) in [5.74, 6) is 1.97. The first-order chi connectivity index (χ1) is 12.5. The topological polar surface area (TPSA) is 46.9 Å². The van der Waals surface area contributed by atoms with Gasteiger partial charge in [-0.05, 0) is 51.1 Å². The summed E-state index contributed by atoms with van der Waals surface area (Å²) in [7, 11) is 9.36. The molecule has 1 saturated heterocycles. The number of rotatable bonds is 5. The molecule has 2 aromatic rings. The van der Waals surface area contributed by atoms with Crippen LogP contribution in [-0.4, -0.2) is 68.2 Å². The number of carbonyl (C=O) groups is 1. The highest BCUT2D eigenvalue weighted by atomic mass is 16.5. The smallest absolute Gasteiger partial charge is 0.270 e. The highest BCUT2D eigenvalue weighted by Crippen LogP contribution is 2.37. The van der Waals surface area contributed by atoms with Gasteiger partial charge in [-0.2, -0.15) is 0 Å². The molecule has 1 amide bonds. The number of likely N-dealkylation sites (tertiary alicyclic amines) is 1. The molecule has 1 atom stereocenters. The van der Waals surface area contributed by atoms with Crippen molar-refractivity contribution in [1.82, 2.24) is 14.4 Å². The molecule has 2 heterocycles. The molecule has 1 aliphatic heterocycles. The first kappa shape index (κ1) is 18.6. The van der Waals surface area contributed by atoms with E-state index in [1.165, 1.54) is 6.42 Å². The first-order valence-electron chi connectivity index (χ1n) is 9.10. The van der Waals surface area contributed by atoms with E-state index in [0.29, 0.717) is 23.1 Å². The first-order valence-corrected chi connectivity index (χ1v) is 9.10. The average molecular weight is 359 g/mol. The van der Waals surface area contributed by atoms with E-state index in [-0.39, 0.29) is 5.91 Å². The van der Waals surface area contributed by atoms with E-state index in [4.69, 9.17) is 9.47 Å². The van der Waals surface area contributed by atoms with E-state index in [9.17, 15) is 4.79 Å². The van der Waals surface area contributed by atoms with E-state index >= 15 is 0 Å². The summed E-state index contributed by atoms with van der Waals surface area (Å²) in [5.41, 5.74) is 1.66. The molecule has 26 heavy (non-hydrogen) atoms. The lowest BCUT2D eigenvalue weighted by Crippen LogP contribution is -2.43. The predicted octanol–water partition coefficient (Wildman–Crippen LogP) is 2.61. The van der Waals surface area contributed by atoms with Crippen LogP contribution in [0.2, 0.25) is 0 Å². The zero-order chi connectivity index (χ0) is 18.8. The van der Waals surface area contributed by atoms with Gasteiger partial charge in [0.25, 0.3) is 5.91 Å². The highest BCUT2D eigenvalue weighted by molar-refractivity contribution is 6.01. The number of amides is 1. The zero-order valence-electron chi connectivity index (χ0n) is 16.4. The number of carbonyl (C=O) groups excluding carboxylic acids is 1. The summed E-state index contributed by atoms with van der Waals surface area (Å²) < 4.78 is 12.9. The molecule has 0 saturated carbocycles. The molecule has 3 rings (SSSR count).